The molecule has 1 saturated heterocycles. The van der Waals surface area contributed by atoms with E-state index >= 15 is 0 Å². The summed E-state index contributed by atoms with van der Waals surface area (Å²) in [7, 11) is 0. The first kappa shape index (κ1) is 23.3. The average Bonchev–Trinajstić information content (AvgIpc) is 3.31. The van der Waals surface area contributed by atoms with Crippen molar-refractivity contribution in [3.63, 3.8) is 0 Å². The van der Waals surface area contributed by atoms with E-state index in [0.29, 0.717) is 0 Å². The van der Waals surface area contributed by atoms with Gasteiger partial charge < -0.3 is 14.8 Å². The Morgan fingerprint density at radius 1 is 0.857 bits per heavy atom. The summed E-state index contributed by atoms with van der Waals surface area (Å²) >= 11 is 5.96. The fraction of sp³-hybridized carbons (Fsp3) is 0.267. The van der Waals surface area contributed by atoms with E-state index in [9.17, 15) is 0 Å². The second-order valence-electron chi connectivity index (χ2n) is 9.72. The number of nitrogens with zero attached hydrogens (tertiary/aromatic N) is 3. The summed E-state index contributed by atoms with van der Waals surface area (Å²) in [5, 5.41) is 4.34. The van der Waals surface area contributed by atoms with Crippen molar-refractivity contribution in [1.82, 2.24) is 14.9 Å². The minimum atomic E-state index is -0.0583. The van der Waals surface area contributed by atoms with Crippen LogP contribution < -0.4 is 10.2 Å². The summed E-state index contributed by atoms with van der Waals surface area (Å²) in [4.78, 5) is 7.00. The summed E-state index contributed by atoms with van der Waals surface area (Å²) in [6, 6.07) is 21.5. The summed E-state index contributed by atoms with van der Waals surface area (Å²) in [6.07, 6.45) is 1.86. The largest absolute Gasteiger partial charge is 0.351 e. The lowest BCUT2D eigenvalue weighted by Crippen LogP contribution is -2.29. The van der Waals surface area contributed by atoms with Gasteiger partial charge in [0.25, 0.3) is 0 Å². The summed E-state index contributed by atoms with van der Waals surface area (Å²) < 4.78 is 2.38. The molecule has 4 nitrogen and oxygen atoms in total. The van der Waals surface area contributed by atoms with E-state index in [1.54, 1.807) is 0 Å². The minimum Gasteiger partial charge on any atom is -0.351 e. The molecule has 2 unspecified atom stereocenters. The van der Waals surface area contributed by atoms with Crippen molar-refractivity contribution in [1.29, 1.82) is 0 Å². The van der Waals surface area contributed by atoms with Crippen molar-refractivity contribution in [2.45, 2.75) is 53.6 Å². The first-order chi connectivity index (χ1) is 16.8. The minimum absolute atomic E-state index is 0.0244. The van der Waals surface area contributed by atoms with Gasteiger partial charge in [-0.05, 0) is 118 Å². The van der Waals surface area contributed by atoms with Crippen molar-refractivity contribution in [2.24, 2.45) is 0 Å². The molecule has 1 N–H and O–H groups in total. The molecule has 4 aromatic rings. The van der Waals surface area contributed by atoms with Gasteiger partial charge in [-0.3, -0.25) is 4.98 Å². The standard InChI is InChI=1S/C30H32N4S/c1-18-14-19(2)16-24(15-18)34-29(28(32-30(34)35)26-11-7-8-13-31-26)25-17-21(4)33(23(25)6)27-12-9-10-20(3)22(27)5/h7-17,28-29H,1-6H3,(H,32,35). The van der Waals surface area contributed by atoms with Crippen LogP contribution in [0.5, 0.6) is 0 Å². The molecule has 2 atom stereocenters. The van der Waals surface area contributed by atoms with Crippen molar-refractivity contribution in [3.05, 3.63) is 112 Å². The molecule has 0 radical (unpaired) electrons. The highest BCUT2D eigenvalue weighted by atomic mass is 32.1. The van der Waals surface area contributed by atoms with Gasteiger partial charge in [0, 0.05) is 29.0 Å². The number of thiocarbonyl (C=S) groups is 1. The van der Waals surface area contributed by atoms with Crippen LogP contribution >= 0.6 is 12.2 Å². The van der Waals surface area contributed by atoms with Crippen LogP contribution in [-0.2, 0) is 0 Å². The smallest absolute Gasteiger partial charge is 0.174 e. The Morgan fingerprint density at radius 3 is 2.29 bits per heavy atom. The molecular formula is C30H32N4S. The number of aryl methyl sites for hydroxylation is 4. The molecule has 3 heterocycles. The van der Waals surface area contributed by atoms with Gasteiger partial charge in [-0.15, -0.1) is 0 Å². The molecule has 0 spiro atoms. The Balaban J connectivity index is 1.72. The predicted octanol–water partition coefficient (Wildman–Crippen LogP) is 6.90. The third kappa shape index (κ3) is 4.04. The van der Waals surface area contributed by atoms with Crippen LogP contribution in [-0.4, -0.2) is 14.7 Å². The van der Waals surface area contributed by atoms with Gasteiger partial charge in [0.05, 0.1) is 17.8 Å². The van der Waals surface area contributed by atoms with E-state index in [1.807, 2.05) is 18.3 Å². The maximum absolute atomic E-state index is 5.96. The maximum Gasteiger partial charge on any atom is 0.174 e. The molecule has 1 fully saturated rings. The molecule has 178 valence electrons. The summed E-state index contributed by atoms with van der Waals surface area (Å²) in [5.41, 5.74) is 12.1. The summed E-state index contributed by atoms with van der Waals surface area (Å²) in [6.45, 7) is 13.1. The molecule has 0 amide bonds. The zero-order chi connectivity index (χ0) is 24.9. The van der Waals surface area contributed by atoms with E-state index in [0.717, 1.165) is 16.5 Å². The number of pyridine rings is 1. The monoisotopic (exact) mass is 480 g/mol. The van der Waals surface area contributed by atoms with Gasteiger partial charge in [-0.2, -0.15) is 0 Å². The van der Waals surface area contributed by atoms with Crippen molar-refractivity contribution in [3.8, 4) is 5.69 Å². The Bertz CT molecular complexity index is 1400. The van der Waals surface area contributed by atoms with Gasteiger partial charge in [0.2, 0.25) is 0 Å². The highest BCUT2D eigenvalue weighted by Crippen LogP contribution is 2.44. The Morgan fingerprint density at radius 2 is 1.60 bits per heavy atom. The number of anilines is 1. The van der Waals surface area contributed by atoms with Gasteiger partial charge in [0.15, 0.2) is 5.11 Å². The van der Waals surface area contributed by atoms with Gasteiger partial charge in [-0.1, -0.05) is 24.3 Å². The number of hydrogen-bond donors (Lipinski definition) is 1. The molecule has 0 saturated carbocycles. The quantitative estimate of drug-likeness (QED) is 0.322. The van der Waals surface area contributed by atoms with Gasteiger partial charge in [-0.25, -0.2) is 0 Å². The van der Waals surface area contributed by atoms with Crippen molar-refractivity contribution in [2.75, 3.05) is 4.90 Å². The SMILES string of the molecule is Cc1cc(C)cc(N2C(=S)NC(c3ccccn3)C2c2cc(C)n(-c3cccc(C)c3C)c2C)c1. The van der Waals surface area contributed by atoms with Crippen molar-refractivity contribution < 1.29 is 0 Å². The molecule has 1 aliphatic rings. The first-order valence-electron chi connectivity index (χ1n) is 12.1. The van der Waals surface area contributed by atoms with Crippen LogP contribution in [0.2, 0.25) is 0 Å². The van der Waals surface area contributed by atoms with Crippen LogP contribution in [0.25, 0.3) is 5.69 Å². The van der Waals surface area contributed by atoms with Crippen molar-refractivity contribution >= 4 is 23.0 Å². The lowest BCUT2D eigenvalue weighted by Gasteiger charge is -2.29. The van der Waals surface area contributed by atoms with Crippen LogP contribution in [0, 0.1) is 41.5 Å². The number of hydrogen-bond acceptors (Lipinski definition) is 2. The number of aromatic nitrogens is 2. The van der Waals surface area contributed by atoms with Crippen LogP contribution in [0.3, 0.4) is 0 Å². The molecule has 1 aliphatic heterocycles. The lowest BCUT2D eigenvalue weighted by molar-refractivity contribution is 0.565. The molecule has 5 rings (SSSR count). The van der Waals surface area contributed by atoms with Gasteiger partial charge in [0.1, 0.15) is 0 Å². The fourth-order valence-electron chi connectivity index (χ4n) is 5.47. The fourth-order valence-corrected chi connectivity index (χ4v) is 5.82. The number of benzene rings is 2. The van der Waals surface area contributed by atoms with Crippen LogP contribution in [0.15, 0.2) is 66.9 Å². The zero-order valence-electron chi connectivity index (χ0n) is 21.3. The predicted molar refractivity (Wildman–Crippen MR) is 149 cm³/mol. The van der Waals surface area contributed by atoms with E-state index in [1.165, 1.54) is 44.9 Å². The maximum atomic E-state index is 5.96. The highest BCUT2D eigenvalue weighted by molar-refractivity contribution is 7.80. The molecule has 2 aromatic carbocycles. The molecular weight excluding hydrogens is 448 g/mol. The molecule has 5 heteroatoms. The average molecular weight is 481 g/mol. The Labute approximate surface area is 213 Å². The Kier molecular flexibility index (Phi) is 5.97. The third-order valence-corrected chi connectivity index (χ3v) is 7.50. The van der Waals surface area contributed by atoms with Crippen LogP contribution in [0.1, 0.15) is 57.0 Å². The molecule has 0 aliphatic carbocycles. The molecule has 35 heavy (non-hydrogen) atoms. The normalized spacial score (nSPS) is 17.7. The van der Waals surface area contributed by atoms with E-state index in [2.05, 4.69) is 105 Å². The van der Waals surface area contributed by atoms with Crippen LogP contribution in [0.4, 0.5) is 5.69 Å². The van der Waals surface area contributed by atoms with Gasteiger partial charge >= 0.3 is 0 Å². The highest BCUT2D eigenvalue weighted by Gasteiger charge is 2.42. The molecule has 2 aromatic heterocycles. The van der Waals surface area contributed by atoms with E-state index in [4.69, 9.17) is 17.2 Å². The topological polar surface area (TPSA) is 33.1 Å². The van der Waals surface area contributed by atoms with E-state index < -0.39 is 0 Å². The zero-order valence-corrected chi connectivity index (χ0v) is 22.1. The first-order valence-corrected chi connectivity index (χ1v) is 12.5. The third-order valence-electron chi connectivity index (χ3n) is 7.19. The Hall–Kier alpha value is -3.44. The second-order valence-corrected chi connectivity index (χ2v) is 10.1. The second kappa shape index (κ2) is 8.97. The number of nitrogens with one attached hydrogen (secondary N) is 1. The van der Waals surface area contributed by atoms with E-state index in [-0.39, 0.29) is 12.1 Å². The lowest BCUT2D eigenvalue weighted by atomic mass is 9.96. The summed E-state index contributed by atoms with van der Waals surface area (Å²) in [5.74, 6) is 0. The number of rotatable bonds is 4. The molecule has 0 bridgehead atoms.